The number of aryl methyl sites for hydroxylation is 1. The van der Waals surface area contributed by atoms with Crippen LogP contribution in [-0.2, 0) is 17.9 Å². The fourth-order valence-electron chi connectivity index (χ4n) is 4.30. The molecule has 0 spiro atoms. The summed E-state index contributed by atoms with van der Waals surface area (Å²) in [6.45, 7) is 1.67. The molecule has 182 valence electrons. The highest BCUT2D eigenvalue weighted by Gasteiger charge is 2.29. The maximum Gasteiger partial charge on any atom is 0.278 e. The van der Waals surface area contributed by atoms with Gasteiger partial charge >= 0.3 is 0 Å². The van der Waals surface area contributed by atoms with E-state index in [4.69, 9.17) is 4.52 Å². The molecule has 36 heavy (non-hydrogen) atoms. The molecule has 1 fully saturated rings. The maximum atomic E-state index is 14.1. The quantitative estimate of drug-likeness (QED) is 0.387. The summed E-state index contributed by atoms with van der Waals surface area (Å²) in [7, 11) is 0. The van der Waals surface area contributed by atoms with Crippen LogP contribution in [0.5, 0.6) is 0 Å². The minimum Gasteiger partial charge on any atom is -0.337 e. The van der Waals surface area contributed by atoms with Crippen molar-refractivity contribution in [2.75, 3.05) is 5.32 Å². The minimum absolute atomic E-state index is 0.0367. The first kappa shape index (κ1) is 22.1. The molecule has 1 aliphatic rings. The molecule has 2 aromatic carbocycles. The summed E-state index contributed by atoms with van der Waals surface area (Å²) in [4.78, 5) is 35.3. The zero-order chi connectivity index (χ0) is 25.0. The van der Waals surface area contributed by atoms with Crippen molar-refractivity contribution in [3.8, 4) is 0 Å². The molecule has 1 N–H and O–H groups in total. The van der Waals surface area contributed by atoms with Crippen LogP contribution in [0.3, 0.4) is 0 Å². The number of halogens is 2. The molecule has 3 aromatic heterocycles. The van der Waals surface area contributed by atoms with Crippen molar-refractivity contribution in [1.82, 2.24) is 24.3 Å². The average Bonchev–Trinajstić information content (AvgIpc) is 3.51. The smallest absolute Gasteiger partial charge is 0.278 e. The fourth-order valence-corrected chi connectivity index (χ4v) is 4.30. The van der Waals surface area contributed by atoms with Crippen LogP contribution in [0.25, 0.3) is 21.9 Å². The number of anilines is 1. The van der Waals surface area contributed by atoms with Crippen molar-refractivity contribution in [1.29, 1.82) is 0 Å². The van der Waals surface area contributed by atoms with Crippen LogP contribution >= 0.6 is 0 Å². The monoisotopic (exact) mass is 490 g/mol. The maximum absolute atomic E-state index is 14.1. The molecule has 11 heteroatoms. The zero-order valence-corrected chi connectivity index (χ0v) is 19.2. The van der Waals surface area contributed by atoms with E-state index in [1.165, 1.54) is 10.9 Å². The van der Waals surface area contributed by atoms with E-state index in [0.717, 1.165) is 30.5 Å². The Hall–Kier alpha value is -4.41. The lowest BCUT2D eigenvalue weighted by molar-refractivity contribution is -0.116. The number of hydrogen-bond acceptors (Lipinski definition) is 6. The van der Waals surface area contributed by atoms with Gasteiger partial charge < -0.3 is 14.4 Å². The third kappa shape index (κ3) is 3.92. The fraction of sp³-hybridized carbons (Fsp3) is 0.240. The van der Waals surface area contributed by atoms with E-state index in [9.17, 15) is 18.4 Å². The molecule has 3 heterocycles. The highest BCUT2D eigenvalue weighted by atomic mass is 19.1. The summed E-state index contributed by atoms with van der Waals surface area (Å²) in [6, 6.07) is 8.45. The van der Waals surface area contributed by atoms with Gasteiger partial charge in [0.25, 0.3) is 5.56 Å². The van der Waals surface area contributed by atoms with E-state index in [1.54, 1.807) is 4.57 Å². The standard InChI is InChI=1S/C25H20F2N6O3/c1-13-2-7-19-16(8-13)22-23(33(19)10-20(34)29-18-6-5-15(26)9-17(18)27)25(35)32(12-28-22)11-21-30-24(31-36-21)14-3-4-14/h2,5-9,12,14H,3-4,10-11H2,1H3,(H,29,34). The summed E-state index contributed by atoms with van der Waals surface area (Å²) in [5.74, 6) is -0.976. The van der Waals surface area contributed by atoms with Crippen molar-refractivity contribution in [3.05, 3.63) is 82.0 Å². The van der Waals surface area contributed by atoms with Crippen LogP contribution in [-0.4, -0.2) is 30.2 Å². The zero-order valence-electron chi connectivity index (χ0n) is 19.2. The molecule has 0 saturated heterocycles. The van der Waals surface area contributed by atoms with Crippen molar-refractivity contribution in [2.45, 2.75) is 38.8 Å². The normalized spacial score (nSPS) is 13.5. The number of aromatic nitrogens is 5. The van der Waals surface area contributed by atoms with Gasteiger partial charge in [-0.2, -0.15) is 4.98 Å². The van der Waals surface area contributed by atoms with Crippen LogP contribution in [0.1, 0.15) is 36.0 Å². The largest absolute Gasteiger partial charge is 0.337 e. The Labute approximate surface area is 202 Å². The van der Waals surface area contributed by atoms with Gasteiger partial charge in [0.15, 0.2) is 5.82 Å². The van der Waals surface area contributed by atoms with E-state index in [0.29, 0.717) is 40.1 Å². The summed E-state index contributed by atoms with van der Waals surface area (Å²) in [5.41, 5.74) is 1.71. The molecule has 1 aliphatic carbocycles. The van der Waals surface area contributed by atoms with Gasteiger partial charge in [0.1, 0.15) is 35.8 Å². The minimum atomic E-state index is -0.893. The van der Waals surface area contributed by atoms with Crippen LogP contribution in [0, 0.1) is 18.6 Å². The number of amides is 1. The predicted octanol–water partition coefficient (Wildman–Crippen LogP) is 3.89. The van der Waals surface area contributed by atoms with Crippen LogP contribution in [0.15, 0.2) is 52.0 Å². The first-order chi connectivity index (χ1) is 17.4. The van der Waals surface area contributed by atoms with E-state index in [1.807, 2.05) is 25.1 Å². The van der Waals surface area contributed by atoms with Gasteiger partial charge in [-0.3, -0.25) is 14.2 Å². The Balaban J connectivity index is 1.40. The number of hydrogen-bond donors (Lipinski definition) is 1. The molecule has 0 bridgehead atoms. The van der Waals surface area contributed by atoms with E-state index >= 15 is 0 Å². The second-order valence-corrected chi connectivity index (χ2v) is 8.97. The second-order valence-electron chi connectivity index (χ2n) is 8.97. The predicted molar refractivity (Wildman–Crippen MR) is 127 cm³/mol. The summed E-state index contributed by atoms with van der Waals surface area (Å²) in [6.07, 6.45) is 3.47. The molecule has 1 saturated carbocycles. The Morgan fingerprint density at radius 3 is 2.81 bits per heavy atom. The molecular weight excluding hydrogens is 470 g/mol. The first-order valence-electron chi connectivity index (χ1n) is 11.4. The van der Waals surface area contributed by atoms with Crippen molar-refractivity contribution >= 4 is 33.5 Å². The van der Waals surface area contributed by atoms with Gasteiger partial charge in [-0.05, 0) is 44.0 Å². The lowest BCUT2D eigenvalue weighted by atomic mass is 10.1. The molecule has 9 nitrogen and oxygen atoms in total. The molecule has 5 aromatic rings. The summed E-state index contributed by atoms with van der Waals surface area (Å²) in [5, 5.41) is 7.14. The molecule has 0 aliphatic heterocycles. The van der Waals surface area contributed by atoms with Gasteiger partial charge in [0, 0.05) is 17.4 Å². The Bertz CT molecular complexity index is 1720. The molecular formula is C25H20F2N6O3. The third-order valence-electron chi connectivity index (χ3n) is 6.22. The van der Waals surface area contributed by atoms with Crippen molar-refractivity contribution < 1.29 is 18.1 Å². The van der Waals surface area contributed by atoms with Crippen LogP contribution in [0.4, 0.5) is 14.5 Å². The Kier molecular flexibility index (Phi) is 5.13. The van der Waals surface area contributed by atoms with Gasteiger partial charge in [-0.15, -0.1) is 0 Å². The number of carbonyl (C=O) groups is 1. The molecule has 0 atom stereocenters. The molecule has 0 radical (unpaired) electrons. The molecule has 1 amide bonds. The SMILES string of the molecule is Cc1ccc2c(c1)c1ncn(Cc3nc(C4CC4)no3)c(=O)c1n2CC(=O)Nc1ccc(F)cc1F. The number of carbonyl (C=O) groups excluding carboxylic acids is 1. The van der Waals surface area contributed by atoms with Crippen LogP contribution < -0.4 is 10.9 Å². The lowest BCUT2D eigenvalue weighted by Gasteiger charge is -2.10. The van der Waals surface area contributed by atoms with Gasteiger partial charge in [0.2, 0.25) is 11.8 Å². The molecule has 0 unspecified atom stereocenters. The van der Waals surface area contributed by atoms with Gasteiger partial charge in [-0.1, -0.05) is 16.8 Å². The van der Waals surface area contributed by atoms with Crippen LogP contribution in [0.2, 0.25) is 0 Å². The number of fused-ring (bicyclic) bond motifs is 3. The van der Waals surface area contributed by atoms with Crippen molar-refractivity contribution in [3.63, 3.8) is 0 Å². The number of rotatable bonds is 6. The Morgan fingerprint density at radius 2 is 2.03 bits per heavy atom. The summed E-state index contributed by atoms with van der Waals surface area (Å²) >= 11 is 0. The number of benzene rings is 2. The lowest BCUT2D eigenvalue weighted by Crippen LogP contribution is -2.25. The average molecular weight is 490 g/mol. The second kappa shape index (κ2) is 8.36. The van der Waals surface area contributed by atoms with E-state index in [2.05, 4.69) is 20.4 Å². The van der Waals surface area contributed by atoms with Crippen molar-refractivity contribution in [2.24, 2.45) is 0 Å². The van der Waals surface area contributed by atoms with Gasteiger partial charge in [-0.25, -0.2) is 13.8 Å². The topological polar surface area (TPSA) is 108 Å². The van der Waals surface area contributed by atoms with Gasteiger partial charge in [0.05, 0.1) is 17.5 Å². The Morgan fingerprint density at radius 1 is 1.19 bits per heavy atom. The molecule has 6 rings (SSSR count). The summed E-state index contributed by atoms with van der Waals surface area (Å²) < 4.78 is 35.5. The highest BCUT2D eigenvalue weighted by Crippen LogP contribution is 2.38. The van der Waals surface area contributed by atoms with E-state index < -0.39 is 17.5 Å². The number of nitrogens with one attached hydrogen (secondary N) is 1. The first-order valence-corrected chi connectivity index (χ1v) is 11.4. The number of nitrogens with zero attached hydrogens (tertiary/aromatic N) is 5. The van der Waals surface area contributed by atoms with E-state index in [-0.39, 0.29) is 29.9 Å². The third-order valence-corrected chi connectivity index (χ3v) is 6.22. The highest BCUT2D eigenvalue weighted by molar-refractivity contribution is 6.06.